The highest BCUT2D eigenvalue weighted by molar-refractivity contribution is 6.12. The summed E-state index contributed by atoms with van der Waals surface area (Å²) in [6, 6.07) is 1.60. The maximum absolute atomic E-state index is 12.3. The minimum absolute atomic E-state index is 0.171. The lowest BCUT2D eigenvalue weighted by Crippen LogP contribution is -2.07. The van der Waals surface area contributed by atoms with Crippen LogP contribution >= 0.6 is 0 Å². The van der Waals surface area contributed by atoms with Crippen molar-refractivity contribution in [1.29, 1.82) is 0 Å². The fraction of sp³-hybridized carbons (Fsp3) is 0.286. The molecule has 0 aliphatic carbocycles. The van der Waals surface area contributed by atoms with Crippen molar-refractivity contribution < 1.29 is 18.7 Å². The van der Waals surface area contributed by atoms with Crippen LogP contribution in [-0.2, 0) is 4.74 Å². The lowest BCUT2D eigenvalue weighted by molar-refractivity contribution is 0.0519. The van der Waals surface area contributed by atoms with Crippen molar-refractivity contribution in [2.24, 2.45) is 0 Å². The third kappa shape index (κ3) is 2.31. The third-order valence-corrected chi connectivity index (χ3v) is 2.93. The van der Waals surface area contributed by atoms with Gasteiger partial charge in [-0.3, -0.25) is 4.79 Å². The molecule has 1 N–H and O–H groups in total. The first-order valence-electron chi connectivity index (χ1n) is 5.99. The van der Waals surface area contributed by atoms with Gasteiger partial charge in [-0.15, -0.1) is 0 Å². The maximum Gasteiger partial charge on any atom is 0.355 e. The van der Waals surface area contributed by atoms with E-state index in [0.29, 0.717) is 34.7 Å². The van der Waals surface area contributed by atoms with E-state index < -0.39 is 5.97 Å². The van der Waals surface area contributed by atoms with Crippen LogP contribution in [0, 0.1) is 13.8 Å². The molecular weight excluding hydrogens is 246 g/mol. The highest BCUT2D eigenvalue weighted by atomic mass is 16.5. The van der Waals surface area contributed by atoms with Crippen molar-refractivity contribution in [2.75, 3.05) is 6.61 Å². The Bertz CT molecular complexity index is 608. The van der Waals surface area contributed by atoms with E-state index in [9.17, 15) is 9.59 Å². The maximum atomic E-state index is 12.3. The molecule has 2 aromatic heterocycles. The molecule has 5 heteroatoms. The van der Waals surface area contributed by atoms with E-state index in [-0.39, 0.29) is 5.78 Å². The molecule has 2 aromatic rings. The lowest BCUT2D eigenvalue weighted by atomic mass is 10.0. The van der Waals surface area contributed by atoms with Crippen LogP contribution < -0.4 is 0 Å². The monoisotopic (exact) mass is 261 g/mol. The standard InChI is InChI=1S/C14H15NO4/c1-4-19-14(17)12-8(2)11(9(3)15-12)13(16)10-5-6-18-7-10/h5-7,15H,4H2,1-3H3. The molecule has 0 spiro atoms. The molecule has 0 amide bonds. The molecule has 0 unspecified atom stereocenters. The summed E-state index contributed by atoms with van der Waals surface area (Å²) in [6.07, 6.45) is 2.83. The molecule has 0 bridgehead atoms. The number of hydrogen-bond acceptors (Lipinski definition) is 4. The minimum Gasteiger partial charge on any atom is -0.472 e. The summed E-state index contributed by atoms with van der Waals surface area (Å²) in [7, 11) is 0. The van der Waals surface area contributed by atoms with Crippen molar-refractivity contribution >= 4 is 11.8 Å². The predicted molar refractivity (Wildman–Crippen MR) is 68.4 cm³/mol. The van der Waals surface area contributed by atoms with Gasteiger partial charge in [0.25, 0.3) is 0 Å². The highest BCUT2D eigenvalue weighted by Gasteiger charge is 2.23. The number of aromatic amines is 1. The van der Waals surface area contributed by atoms with Crippen molar-refractivity contribution in [3.63, 3.8) is 0 Å². The van der Waals surface area contributed by atoms with Gasteiger partial charge in [0.15, 0.2) is 5.78 Å². The van der Waals surface area contributed by atoms with E-state index >= 15 is 0 Å². The largest absolute Gasteiger partial charge is 0.472 e. The minimum atomic E-state index is -0.450. The van der Waals surface area contributed by atoms with Crippen LogP contribution in [0.15, 0.2) is 23.0 Å². The number of H-pyrrole nitrogens is 1. The quantitative estimate of drug-likeness (QED) is 0.678. The lowest BCUT2D eigenvalue weighted by Gasteiger charge is -2.01. The number of aromatic nitrogens is 1. The first-order valence-corrected chi connectivity index (χ1v) is 5.99. The number of aryl methyl sites for hydroxylation is 1. The first-order chi connectivity index (χ1) is 9.06. The molecule has 0 aliphatic heterocycles. The van der Waals surface area contributed by atoms with Gasteiger partial charge in [-0.2, -0.15) is 0 Å². The first kappa shape index (κ1) is 13.1. The molecule has 2 heterocycles. The van der Waals surface area contributed by atoms with Gasteiger partial charge in [0, 0.05) is 11.3 Å². The van der Waals surface area contributed by atoms with E-state index in [1.165, 1.54) is 12.5 Å². The van der Waals surface area contributed by atoms with E-state index in [1.54, 1.807) is 26.8 Å². The number of carbonyl (C=O) groups is 2. The molecule has 0 fully saturated rings. The number of nitrogens with one attached hydrogen (secondary N) is 1. The van der Waals surface area contributed by atoms with E-state index in [1.807, 2.05) is 0 Å². The Kier molecular flexibility index (Phi) is 3.55. The van der Waals surface area contributed by atoms with Gasteiger partial charge in [-0.1, -0.05) is 0 Å². The smallest absolute Gasteiger partial charge is 0.355 e. The van der Waals surface area contributed by atoms with Gasteiger partial charge in [0.05, 0.1) is 18.4 Å². The molecular formula is C14H15NO4. The summed E-state index contributed by atoms with van der Waals surface area (Å²) in [5.41, 5.74) is 2.52. The average Bonchev–Trinajstić information content (AvgIpc) is 2.97. The van der Waals surface area contributed by atoms with Crippen LogP contribution in [-0.4, -0.2) is 23.3 Å². The average molecular weight is 261 g/mol. The van der Waals surface area contributed by atoms with Crippen molar-refractivity contribution in [3.8, 4) is 0 Å². The van der Waals surface area contributed by atoms with Crippen LogP contribution in [0.25, 0.3) is 0 Å². The van der Waals surface area contributed by atoms with E-state index in [4.69, 9.17) is 9.15 Å². The number of carbonyl (C=O) groups excluding carboxylic acids is 2. The van der Waals surface area contributed by atoms with Gasteiger partial charge in [0.2, 0.25) is 0 Å². The van der Waals surface area contributed by atoms with Crippen LogP contribution in [0.1, 0.15) is 44.6 Å². The normalized spacial score (nSPS) is 10.5. The number of ether oxygens (including phenoxy) is 1. The number of esters is 1. The van der Waals surface area contributed by atoms with Gasteiger partial charge in [0.1, 0.15) is 12.0 Å². The van der Waals surface area contributed by atoms with Crippen LogP contribution in [0.3, 0.4) is 0 Å². The van der Waals surface area contributed by atoms with E-state index in [2.05, 4.69) is 4.98 Å². The zero-order valence-electron chi connectivity index (χ0n) is 11.1. The summed E-state index contributed by atoms with van der Waals surface area (Å²) in [4.78, 5) is 27.0. The molecule has 19 heavy (non-hydrogen) atoms. The molecule has 2 rings (SSSR count). The summed E-state index contributed by atoms with van der Waals surface area (Å²) in [6.45, 7) is 5.51. The Morgan fingerprint density at radius 2 is 2.11 bits per heavy atom. The zero-order chi connectivity index (χ0) is 14.0. The van der Waals surface area contributed by atoms with Crippen molar-refractivity contribution in [3.05, 3.63) is 46.7 Å². The topological polar surface area (TPSA) is 72.3 Å². The SMILES string of the molecule is CCOC(=O)c1[nH]c(C)c(C(=O)c2ccoc2)c1C. The molecule has 0 aromatic carbocycles. The summed E-state index contributed by atoms with van der Waals surface area (Å²) >= 11 is 0. The Hall–Kier alpha value is -2.30. The number of furan rings is 1. The summed E-state index contributed by atoms with van der Waals surface area (Å²) in [5.74, 6) is -0.620. The second-order valence-corrected chi connectivity index (χ2v) is 4.19. The second kappa shape index (κ2) is 5.14. The van der Waals surface area contributed by atoms with Crippen LogP contribution in [0.5, 0.6) is 0 Å². The molecule has 0 radical (unpaired) electrons. The molecule has 0 saturated heterocycles. The number of hydrogen-bond donors (Lipinski definition) is 1. The van der Waals surface area contributed by atoms with Gasteiger partial charge < -0.3 is 14.1 Å². The Morgan fingerprint density at radius 1 is 1.37 bits per heavy atom. The van der Waals surface area contributed by atoms with Crippen LogP contribution in [0.4, 0.5) is 0 Å². The van der Waals surface area contributed by atoms with Crippen molar-refractivity contribution in [1.82, 2.24) is 4.98 Å². The molecule has 100 valence electrons. The molecule has 5 nitrogen and oxygen atoms in total. The third-order valence-electron chi connectivity index (χ3n) is 2.93. The fourth-order valence-electron chi connectivity index (χ4n) is 2.04. The van der Waals surface area contributed by atoms with Gasteiger partial charge in [-0.05, 0) is 32.4 Å². The van der Waals surface area contributed by atoms with E-state index in [0.717, 1.165) is 0 Å². The number of ketones is 1. The van der Waals surface area contributed by atoms with Gasteiger partial charge in [-0.25, -0.2) is 4.79 Å². The fourth-order valence-corrected chi connectivity index (χ4v) is 2.04. The zero-order valence-corrected chi connectivity index (χ0v) is 11.1. The Labute approximate surface area is 110 Å². The predicted octanol–water partition coefficient (Wildman–Crippen LogP) is 2.63. The summed E-state index contributed by atoms with van der Waals surface area (Å²) in [5, 5.41) is 0. The molecule has 0 saturated carbocycles. The second-order valence-electron chi connectivity index (χ2n) is 4.19. The Morgan fingerprint density at radius 3 is 2.68 bits per heavy atom. The highest BCUT2D eigenvalue weighted by Crippen LogP contribution is 2.22. The molecule has 0 atom stereocenters. The van der Waals surface area contributed by atoms with Gasteiger partial charge >= 0.3 is 5.97 Å². The number of rotatable bonds is 4. The van der Waals surface area contributed by atoms with Crippen molar-refractivity contribution in [2.45, 2.75) is 20.8 Å². The van der Waals surface area contributed by atoms with Crippen LogP contribution in [0.2, 0.25) is 0 Å². The molecule has 0 aliphatic rings. The summed E-state index contributed by atoms with van der Waals surface area (Å²) < 4.78 is 9.85. The Balaban J connectivity index is 2.42.